The molecule has 0 aliphatic carbocycles. The van der Waals surface area contributed by atoms with Crippen LogP contribution >= 0.6 is 0 Å². The number of carbonyl (C=O) groups is 2. The summed E-state index contributed by atoms with van der Waals surface area (Å²) in [4.78, 5) is 33.6. The maximum Gasteiger partial charge on any atom is 0.346 e. The Bertz CT molecular complexity index is 597. The normalized spacial score (nSPS) is 11.5. The Labute approximate surface area is 127 Å². The maximum atomic E-state index is 12.0. The molecule has 8 nitrogen and oxygen atoms in total. The standard InChI is InChI=1S/C14H17NO7/c1-5-21-13-7-11(15(18)19)10(6-12(13)20-4)14(17)22-9(3)8(2)16/h6-7,9H,5H2,1-4H3/t9-/m0/s1. The van der Waals surface area contributed by atoms with Gasteiger partial charge in [0.05, 0.1) is 24.7 Å². The fourth-order valence-electron chi connectivity index (χ4n) is 1.60. The van der Waals surface area contributed by atoms with Gasteiger partial charge in [0.2, 0.25) is 0 Å². The Hall–Kier alpha value is -2.64. The lowest BCUT2D eigenvalue weighted by Gasteiger charge is -2.13. The van der Waals surface area contributed by atoms with Crippen molar-refractivity contribution in [3.63, 3.8) is 0 Å². The van der Waals surface area contributed by atoms with Gasteiger partial charge in [-0.2, -0.15) is 0 Å². The quantitative estimate of drug-likeness (QED) is 0.431. The highest BCUT2D eigenvalue weighted by Gasteiger charge is 2.27. The van der Waals surface area contributed by atoms with E-state index in [2.05, 4.69) is 0 Å². The highest BCUT2D eigenvalue weighted by atomic mass is 16.6. The molecular formula is C14H17NO7. The van der Waals surface area contributed by atoms with E-state index in [4.69, 9.17) is 14.2 Å². The van der Waals surface area contributed by atoms with Crippen LogP contribution in [-0.4, -0.2) is 36.5 Å². The van der Waals surface area contributed by atoms with E-state index in [1.54, 1.807) is 6.92 Å². The number of esters is 1. The molecule has 120 valence electrons. The molecule has 0 radical (unpaired) electrons. The molecule has 0 bridgehead atoms. The van der Waals surface area contributed by atoms with Crippen molar-refractivity contribution in [3.8, 4) is 11.5 Å². The number of carbonyl (C=O) groups excluding carboxylic acids is 2. The van der Waals surface area contributed by atoms with Crippen LogP contribution in [0.1, 0.15) is 31.1 Å². The molecule has 1 aromatic rings. The van der Waals surface area contributed by atoms with Crippen LogP contribution in [0.25, 0.3) is 0 Å². The molecule has 1 atom stereocenters. The van der Waals surface area contributed by atoms with Crippen LogP contribution in [0.3, 0.4) is 0 Å². The Kier molecular flexibility index (Phi) is 5.85. The topological polar surface area (TPSA) is 105 Å². The summed E-state index contributed by atoms with van der Waals surface area (Å²) in [5.74, 6) is -1.03. The van der Waals surface area contributed by atoms with Gasteiger partial charge in [0.15, 0.2) is 23.4 Å². The number of rotatable bonds is 7. The zero-order valence-corrected chi connectivity index (χ0v) is 12.7. The molecule has 0 aliphatic rings. The van der Waals surface area contributed by atoms with Gasteiger partial charge in [0, 0.05) is 6.07 Å². The van der Waals surface area contributed by atoms with E-state index < -0.39 is 22.7 Å². The summed E-state index contributed by atoms with van der Waals surface area (Å²) in [6.45, 7) is 4.63. The largest absolute Gasteiger partial charge is 0.493 e. The first kappa shape index (κ1) is 17.4. The molecule has 0 amide bonds. The van der Waals surface area contributed by atoms with Gasteiger partial charge in [-0.15, -0.1) is 0 Å². The molecule has 0 aliphatic heterocycles. The van der Waals surface area contributed by atoms with E-state index in [-0.39, 0.29) is 29.5 Å². The fraction of sp³-hybridized carbons (Fsp3) is 0.429. The van der Waals surface area contributed by atoms with Gasteiger partial charge >= 0.3 is 5.97 Å². The number of Topliss-reactive ketones (excluding diaryl/α,β-unsaturated/α-hetero) is 1. The van der Waals surface area contributed by atoms with Gasteiger partial charge in [-0.1, -0.05) is 0 Å². The number of hydrogen-bond donors (Lipinski definition) is 0. The zero-order chi connectivity index (χ0) is 16.9. The van der Waals surface area contributed by atoms with Crippen molar-refractivity contribution >= 4 is 17.4 Å². The number of nitrogens with zero attached hydrogens (tertiary/aromatic N) is 1. The van der Waals surface area contributed by atoms with E-state index >= 15 is 0 Å². The van der Waals surface area contributed by atoms with E-state index in [1.807, 2.05) is 0 Å². The Morgan fingerprint density at radius 2 is 1.95 bits per heavy atom. The second kappa shape index (κ2) is 7.39. The average molecular weight is 311 g/mol. The first-order chi connectivity index (χ1) is 10.3. The Balaban J connectivity index is 3.29. The van der Waals surface area contributed by atoms with E-state index in [0.717, 1.165) is 12.1 Å². The lowest BCUT2D eigenvalue weighted by molar-refractivity contribution is -0.385. The molecule has 1 aromatic carbocycles. The van der Waals surface area contributed by atoms with Crippen molar-refractivity contribution in [1.82, 2.24) is 0 Å². The third-order valence-corrected chi connectivity index (χ3v) is 2.85. The molecule has 22 heavy (non-hydrogen) atoms. The molecule has 8 heteroatoms. The van der Waals surface area contributed by atoms with E-state index in [1.165, 1.54) is 21.0 Å². The number of ketones is 1. The summed E-state index contributed by atoms with van der Waals surface area (Å²) in [6.07, 6.45) is -0.996. The van der Waals surface area contributed by atoms with Gasteiger partial charge < -0.3 is 14.2 Å². The Morgan fingerprint density at radius 3 is 2.41 bits per heavy atom. The van der Waals surface area contributed by atoms with Crippen LogP contribution in [0, 0.1) is 10.1 Å². The number of nitro benzene ring substituents is 1. The number of ether oxygens (including phenoxy) is 3. The third-order valence-electron chi connectivity index (χ3n) is 2.85. The monoisotopic (exact) mass is 311 g/mol. The minimum absolute atomic E-state index is 0.146. The van der Waals surface area contributed by atoms with Crippen molar-refractivity contribution in [2.24, 2.45) is 0 Å². The molecular weight excluding hydrogens is 294 g/mol. The van der Waals surface area contributed by atoms with Crippen molar-refractivity contribution in [2.45, 2.75) is 26.9 Å². The van der Waals surface area contributed by atoms with Gasteiger partial charge in [-0.3, -0.25) is 14.9 Å². The van der Waals surface area contributed by atoms with Gasteiger partial charge in [0.25, 0.3) is 5.69 Å². The van der Waals surface area contributed by atoms with Crippen LogP contribution in [-0.2, 0) is 9.53 Å². The van der Waals surface area contributed by atoms with Gasteiger partial charge in [-0.05, 0) is 20.8 Å². The molecule has 0 N–H and O–H groups in total. The minimum Gasteiger partial charge on any atom is -0.493 e. The summed E-state index contributed by atoms with van der Waals surface area (Å²) in [5.41, 5.74) is -0.789. The molecule has 0 saturated heterocycles. The molecule has 0 saturated carbocycles. The van der Waals surface area contributed by atoms with Gasteiger partial charge in [-0.25, -0.2) is 4.79 Å². The zero-order valence-electron chi connectivity index (χ0n) is 12.7. The first-order valence-electron chi connectivity index (χ1n) is 6.52. The Morgan fingerprint density at radius 1 is 1.32 bits per heavy atom. The first-order valence-corrected chi connectivity index (χ1v) is 6.52. The van der Waals surface area contributed by atoms with Crippen LogP contribution in [0.15, 0.2) is 12.1 Å². The van der Waals surface area contributed by atoms with E-state index in [0.29, 0.717) is 0 Å². The summed E-state index contributed by atoms with van der Waals surface area (Å²) in [7, 11) is 1.34. The predicted molar refractivity (Wildman–Crippen MR) is 76.4 cm³/mol. The van der Waals surface area contributed by atoms with Crippen molar-refractivity contribution < 1.29 is 28.7 Å². The highest BCUT2D eigenvalue weighted by Crippen LogP contribution is 2.35. The van der Waals surface area contributed by atoms with Crippen LogP contribution < -0.4 is 9.47 Å². The number of methoxy groups -OCH3 is 1. The lowest BCUT2D eigenvalue weighted by atomic mass is 10.1. The second-order valence-corrected chi connectivity index (χ2v) is 4.37. The number of hydrogen-bond acceptors (Lipinski definition) is 7. The molecule has 0 aromatic heterocycles. The SMILES string of the molecule is CCOc1cc([N+](=O)[O-])c(C(=O)O[C@@H](C)C(C)=O)cc1OC. The minimum atomic E-state index is -0.996. The van der Waals surface area contributed by atoms with E-state index in [9.17, 15) is 19.7 Å². The lowest BCUT2D eigenvalue weighted by Crippen LogP contribution is -2.22. The summed E-state index contributed by atoms with van der Waals surface area (Å²) in [6, 6.07) is 2.26. The van der Waals surface area contributed by atoms with Gasteiger partial charge in [0.1, 0.15) is 5.56 Å². The smallest absolute Gasteiger partial charge is 0.346 e. The van der Waals surface area contributed by atoms with Crippen molar-refractivity contribution in [3.05, 3.63) is 27.8 Å². The number of nitro groups is 1. The van der Waals surface area contributed by atoms with Crippen LogP contribution in [0.2, 0.25) is 0 Å². The maximum absolute atomic E-state index is 12.0. The average Bonchev–Trinajstić information content (AvgIpc) is 2.46. The molecule has 0 unspecified atom stereocenters. The third kappa shape index (κ3) is 3.94. The number of benzene rings is 1. The van der Waals surface area contributed by atoms with Crippen LogP contribution in [0.4, 0.5) is 5.69 Å². The van der Waals surface area contributed by atoms with Crippen molar-refractivity contribution in [1.29, 1.82) is 0 Å². The highest BCUT2D eigenvalue weighted by molar-refractivity contribution is 5.96. The predicted octanol–water partition coefficient (Wildman–Crippen LogP) is 2.14. The second-order valence-electron chi connectivity index (χ2n) is 4.37. The summed E-state index contributed by atoms with van der Waals surface area (Å²) < 4.78 is 15.2. The molecule has 1 rings (SSSR count). The molecule has 0 heterocycles. The van der Waals surface area contributed by atoms with Crippen LogP contribution in [0.5, 0.6) is 11.5 Å². The van der Waals surface area contributed by atoms with Crippen molar-refractivity contribution in [2.75, 3.05) is 13.7 Å². The fourth-order valence-corrected chi connectivity index (χ4v) is 1.60. The molecule has 0 fully saturated rings. The summed E-state index contributed by atoms with van der Waals surface area (Å²) in [5, 5.41) is 11.1. The summed E-state index contributed by atoms with van der Waals surface area (Å²) >= 11 is 0. The molecule has 0 spiro atoms.